The molecule has 0 aromatic heterocycles. The number of rotatable bonds is 5. The summed E-state index contributed by atoms with van der Waals surface area (Å²) < 4.78 is 10.3. The van der Waals surface area contributed by atoms with Gasteiger partial charge in [0, 0.05) is 11.9 Å². The van der Waals surface area contributed by atoms with E-state index < -0.39 is 5.97 Å². The van der Waals surface area contributed by atoms with Crippen molar-refractivity contribution >= 4 is 46.6 Å². The Labute approximate surface area is 171 Å². The summed E-state index contributed by atoms with van der Waals surface area (Å²) in [5, 5.41) is 0.249. The summed E-state index contributed by atoms with van der Waals surface area (Å²) >= 11 is 6.74. The molecule has 0 N–H and O–H groups in total. The lowest BCUT2D eigenvalue weighted by Crippen LogP contribution is -2.27. The van der Waals surface area contributed by atoms with Crippen LogP contribution in [-0.2, 0) is 16.1 Å². The number of carbonyl (C=O) groups is 3. The molecule has 0 unspecified atom stereocenters. The van der Waals surface area contributed by atoms with Crippen LogP contribution >= 0.6 is 23.4 Å². The molecule has 1 aliphatic rings. The van der Waals surface area contributed by atoms with E-state index >= 15 is 0 Å². The smallest absolute Gasteiger partial charge is 0.308 e. The molecule has 1 heterocycles. The van der Waals surface area contributed by atoms with E-state index in [1.807, 2.05) is 0 Å². The molecule has 28 heavy (non-hydrogen) atoms. The molecule has 0 radical (unpaired) electrons. The van der Waals surface area contributed by atoms with Crippen LogP contribution in [0.5, 0.6) is 11.5 Å². The molecule has 0 atom stereocenters. The third kappa shape index (κ3) is 4.55. The number of methoxy groups -OCH3 is 1. The predicted octanol–water partition coefficient (Wildman–Crippen LogP) is 4.51. The minimum atomic E-state index is -0.464. The Bertz CT molecular complexity index is 971. The summed E-state index contributed by atoms with van der Waals surface area (Å²) in [6.07, 6.45) is 1.60. The largest absolute Gasteiger partial charge is 0.493 e. The standard InChI is InChI=1S/C20H16ClNO5S/c1-12(23)27-16-8-5-14(9-17(16)26-2)10-18-19(24)22(20(25)28-18)11-13-3-6-15(21)7-4-13/h3-10H,11H2,1-2H3/b18-10-. The minimum Gasteiger partial charge on any atom is -0.493 e. The second kappa shape index (κ2) is 8.50. The van der Waals surface area contributed by atoms with Crippen molar-refractivity contribution in [2.45, 2.75) is 13.5 Å². The summed E-state index contributed by atoms with van der Waals surface area (Å²) in [5.41, 5.74) is 1.45. The number of imide groups is 1. The van der Waals surface area contributed by atoms with Crippen molar-refractivity contribution in [1.82, 2.24) is 4.90 Å². The number of esters is 1. The molecule has 0 saturated carbocycles. The van der Waals surface area contributed by atoms with Crippen molar-refractivity contribution in [1.29, 1.82) is 0 Å². The van der Waals surface area contributed by atoms with Gasteiger partial charge in [0.25, 0.3) is 11.1 Å². The van der Waals surface area contributed by atoms with Gasteiger partial charge in [0.05, 0.1) is 18.6 Å². The maximum Gasteiger partial charge on any atom is 0.308 e. The van der Waals surface area contributed by atoms with Crippen molar-refractivity contribution in [2.24, 2.45) is 0 Å². The van der Waals surface area contributed by atoms with Gasteiger partial charge in [0.15, 0.2) is 11.5 Å². The number of ether oxygens (including phenoxy) is 2. The third-order valence-electron chi connectivity index (χ3n) is 3.87. The molecule has 1 fully saturated rings. The lowest BCUT2D eigenvalue weighted by Gasteiger charge is -2.12. The summed E-state index contributed by atoms with van der Waals surface area (Å²) in [4.78, 5) is 37.6. The highest BCUT2D eigenvalue weighted by Gasteiger charge is 2.35. The van der Waals surface area contributed by atoms with Gasteiger partial charge in [-0.05, 0) is 53.2 Å². The number of benzene rings is 2. The number of nitrogens with zero attached hydrogens (tertiary/aromatic N) is 1. The van der Waals surface area contributed by atoms with Gasteiger partial charge in [-0.3, -0.25) is 19.3 Å². The highest BCUT2D eigenvalue weighted by Crippen LogP contribution is 2.35. The molecule has 2 aromatic carbocycles. The molecule has 0 aliphatic carbocycles. The zero-order valence-electron chi connectivity index (χ0n) is 15.1. The van der Waals surface area contributed by atoms with Crippen LogP contribution in [0.3, 0.4) is 0 Å². The van der Waals surface area contributed by atoms with Gasteiger partial charge < -0.3 is 9.47 Å². The molecular formula is C20H16ClNO5S. The summed E-state index contributed by atoms with van der Waals surface area (Å²) in [5.74, 6) is -0.199. The molecule has 6 nitrogen and oxygen atoms in total. The lowest BCUT2D eigenvalue weighted by molar-refractivity contribution is -0.132. The first kappa shape index (κ1) is 20.0. The van der Waals surface area contributed by atoms with Crippen LogP contribution in [0.15, 0.2) is 47.4 Å². The lowest BCUT2D eigenvalue weighted by atomic mass is 10.1. The zero-order valence-corrected chi connectivity index (χ0v) is 16.7. The number of thioether (sulfide) groups is 1. The number of hydrogen-bond donors (Lipinski definition) is 0. The van der Waals surface area contributed by atoms with E-state index in [0.29, 0.717) is 21.2 Å². The van der Waals surface area contributed by atoms with Crippen LogP contribution in [0.2, 0.25) is 5.02 Å². The van der Waals surface area contributed by atoms with Gasteiger partial charge in [-0.1, -0.05) is 29.8 Å². The molecule has 2 amide bonds. The molecule has 2 aromatic rings. The van der Waals surface area contributed by atoms with E-state index in [2.05, 4.69) is 0 Å². The molecular weight excluding hydrogens is 402 g/mol. The topological polar surface area (TPSA) is 72.9 Å². The number of halogens is 1. The van der Waals surface area contributed by atoms with Crippen LogP contribution in [0.4, 0.5) is 4.79 Å². The van der Waals surface area contributed by atoms with E-state index in [1.54, 1.807) is 48.5 Å². The first-order chi connectivity index (χ1) is 13.4. The Hall–Kier alpha value is -2.77. The fourth-order valence-corrected chi connectivity index (χ4v) is 3.54. The number of hydrogen-bond acceptors (Lipinski definition) is 6. The minimum absolute atomic E-state index is 0.174. The van der Waals surface area contributed by atoms with Crippen LogP contribution in [0.25, 0.3) is 6.08 Å². The van der Waals surface area contributed by atoms with Crippen molar-refractivity contribution in [3.05, 3.63) is 63.5 Å². The molecule has 0 spiro atoms. The van der Waals surface area contributed by atoms with Crippen LogP contribution in [0.1, 0.15) is 18.1 Å². The van der Waals surface area contributed by atoms with Gasteiger partial charge in [-0.15, -0.1) is 0 Å². The first-order valence-corrected chi connectivity index (χ1v) is 9.43. The average molecular weight is 418 g/mol. The van der Waals surface area contributed by atoms with Gasteiger partial charge in [-0.25, -0.2) is 0 Å². The fourth-order valence-electron chi connectivity index (χ4n) is 2.57. The summed E-state index contributed by atoms with van der Waals surface area (Å²) in [6, 6.07) is 11.8. The van der Waals surface area contributed by atoms with Gasteiger partial charge in [-0.2, -0.15) is 0 Å². The Morgan fingerprint density at radius 3 is 2.50 bits per heavy atom. The van der Waals surface area contributed by atoms with Crippen LogP contribution in [-0.4, -0.2) is 29.1 Å². The quantitative estimate of drug-likeness (QED) is 0.405. The molecule has 1 aliphatic heterocycles. The second-order valence-electron chi connectivity index (χ2n) is 5.90. The van der Waals surface area contributed by atoms with Crippen LogP contribution < -0.4 is 9.47 Å². The van der Waals surface area contributed by atoms with E-state index in [4.69, 9.17) is 21.1 Å². The monoisotopic (exact) mass is 417 g/mol. The normalized spacial score (nSPS) is 15.2. The SMILES string of the molecule is COc1cc(/C=C2\SC(=O)N(Cc3ccc(Cl)cc3)C2=O)ccc1OC(C)=O. The van der Waals surface area contributed by atoms with Crippen molar-refractivity contribution in [3.8, 4) is 11.5 Å². The molecule has 144 valence electrons. The van der Waals surface area contributed by atoms with Crippen molar-refractivity contribution < 1.29 is 23.9 Å². The molecule has 0 bridgehead atoms. The van der Waals surface area contributed by atoms with Gasteiger partial charge >= 0.3 is 5.97 Å². The summed E-state index contributed by atoms with van der Waals surface area (Å²) in [7, 11) is 1.45. The Balaban J connectivity index is 1.81. The van der Waals surface area contributed by atoms with E-state index in [9.17, 15) is 14.4 Å². The number of amides is 2. The molecule has 8 heteroatoms. The van der Waals surface area contributed by atoms with Crippen LogP contribution in [0, 0.1) is 0 Å². The van der Waals surface area contributed by atoms with E-state index in [-0.39, 0.29) is 23.4 Å². The first-order valence-electron chi connectivity index (χ1n) is 8.23. The molecule has 3 rings (SSSR count). The second-order valence-corrected chi connectivity index (χ2v) is 7.33. The third-order valence-corrected chi connectivity index (χ3v) is 5.03. The van der Waals surface area contributed by atoms with Gasteiger partial charge in [0.1, 0.15) is 0 Å². The maximum atomic E-state index is 12.6. The zero-order chi connectivity index (χ0) is 20.3. The highest BCUT2D eigenvalue weighted by atomic mass is 35.5. The number of carbonyl (C=O) groups excluding carboxylic acids is 3. The Kier molecular flexibility index (Phi) is 6.06. The Morgan fingerprint density at radius 1 is 1.14 bits per heavy atom. The Morgan fingerprint density at radius 2 is 1.86 bits per heavy atom. The van der Waals surface area contributed by atoms with E-state index in [0.717, 1.165) is 17.3 Å². The predicted molar refractivity (Wildman–Crippen MR) is 107 cm³/mol. The van der Waals surface area contributed by atoms with Crippen molar-refractivity contribution in [3.63, 3.8) is 0 Å². The van der Waals surface area contributed by atoms with Gasteiger partial charge in [0.2, 0.25) is 0 Å². The average Bonchev–Trinajstić information content (AvgIpc) is 2.91. The fraction of sp³-hybridized carbons (Fsp3) is 0.150. The van der Waals surface area contributed by atoms with Crippen molar-refractivity contribution in [2.75, 3.05) is 7.11 Å². The molecule has 1 saturated heterocycles. The van der Waals surface area contributed by atoms with E-state index in [1.165, 1.54) is 18.9 Å². The highest BCUT2D eigenvalue weighted by molar-refractivity contribution is 8.18. The summed E-state index contributed by atoms with van der Waals surface area (Å²) in [6.45, 7) is 1.47. The maximum absolute atomic E-state index is 12.6.